The number of carbonyl (C=O) groups is 1. The van der Waals surface area contributed by atoms with Crippen molar-refractivity contribution < 1.29 is 26.4 Å². The maximum absolute atomic E-state index is 12.8. The van der Waals surface area contributed by atoms with E-state index < -0.39 is 26.4 Å². The van der Waals surface area contributed by atoms with Crippen molar-refractivity contribution in [3.8, 4) is 0 Å². The van der Waals surface area contributed by atoms with Crippen LogP contribution in [0.4, 0.5) is 14.5 Å². The number of benzene rings is 1. The van der Waals surface area contributed by atoms with Crippen LogP contribution >= 0.6 is 0 Å². The van der Waals surface area contributed by atoms with Gasteiger partial charge in [0.1, 0.15) is 5.76 Å². The third-order valence-electron chi connectivity index (χ3n) is 4.49. The molecule has 1 aromatic heterocycles. The lowest BCUT2D eigenvalue weighted by Gasteiger charge is -2.33. The maximum atomic E-state index is 12.8. The van der Waals surface area contributed by atoms with E-state index in [1.807, 2.05) is 17.0 Å². The lowest BCUT2D eigenvalue weighted by molar-refractivity contribution is -0.117. The van der Waals surface area contributed by atoms with Crippen molar-refractivity contribution in [1.29, 1.82) is 0 Å². The Bertz CT molecular complexity index is 895. The smallest absolute Gasteiger partial charge is 0.341 e. The molecule has 1 N–H and O–H groups in total. The number of halogens is 2. The van der Waals surface area contributed by atoms with Gasteiger partial charge in [-0.1, -0.05) is 12.1 Å². The van der Waals surface area contributed by atoms with E-state index >= 15 is 0 Å². The van der Waals surface area contributed by atoms with Gasteiger partial charge in [-0.25, -0.2) is 8.42 Å². The van der Waals surface area contributed by atoms with Crippen LogP contribution in [-0.2, 0) is 21.2 Å². The van der Waals surface area contributed by atoms with E-state index in [4.69, 9.17) is 4.42 Å². The highest BCUT2D eigenvalue weighted by Crippen LogP contribution is 2.26. The number of hydrogen-bond acceptors (Lipinski definition) is 6. The third kappa shape index (κ3) is 4.94. The third-order valence-corrected chi connectivity index (χ3v) is 5.93. The van der Waals surface area contributed by atoms with Gasteiger partial charge in [-0.3, -0.25) is 14.6 Å². The first-order valence-electron chi connectivity index (χ1n) is 8.74. The van der Waals surface area contributed by atoms with Crippen LogP contribution < -0.4 is 5.32 Å². The molecule has 1 saturated heterocycles. The highest BCUT2D eigenvalue weighted by atomic mass is 32.2. The summed E-state index contributed by atoms with van der Waals surface area (Å²) < 4.78 is 54.5. The molecule has 0 spiro atoms. The summed E-state index contributed by atoms with van der Waals surface area (Å²) in [7, 11) is -4.80. The number of rotatable bonds is 7. The molecule has 3 rings (SSSR count). The number of anilines is 1. The molecule has 7 nitrogen and oxygen atoms in total. The molecule has 10 heteroatoms. The van der Waals surface area contributed by atoms with Crippen LogP contribution in [0, 0.1) is 0 Å². The van der Waals surface area contributed by atoms with Crippen molar-refractivity contribution in [2.75, 3.05) is 38.0 Å². The minimum absolute atomic E-state index is 0.0532. The topological polar surface area (TPSA) is 82.9 Å². The summed E-state index contributed by atoms with van der Waals surface area (Å²) in [6.07, 6.45) is 1.63. The first kappa shape index (κ1) is 20.4. The fourth-order valence-electron chi connectivity index (χ4n) is 3.04. The SMILES string of the molecule is O=C(CN1CCN(Cc2ccco2)CC1)Nc1ccccc1S(=O)(=O)C(F)F. The number of carbonyl (C=O) groups excluding carboxylic acids is 1. The van der Waals surface area contributed by atoms with Gasteiger partial charge in [0, 0.05) is 26.2 Å². The molecule has 0 atom stereocenters. The summed E-state index contributed by atoms with van der Waals surface area (Å²) in [5.41, 5.74) is -0.135. The van der Waals surface area contributed by atoms with Gasteiger partial charge in [-0.2, -0.15) is 8.78 Å². The molecular weight excluding hydrogens is 392 g/mol. The fraction of sp³-hybridized carbons (Fsp3) is 0.389. The van der Waals surface area contributed by atoms with Gasteiger partial charge in [-0.05, 0) is 24.3 Å². The number of sulfone groups is 1. The molecule has 0 bridgehead atoms. The van der Waals surface area contributed by atoms with Crippen LogP contribution in [0.3, 0.4) is 0 Å². The predicted octanol–water partition coefficient (Wildman–Crippen LogP) is 2.03. The Labute approximate surface area is 161 Å². The average Bonchev–Trinajstić information content (AvgIpc) is 3.16. The minimum Gasteiger partial charge on any atom is -0.468 e. The summed E-state index contributed by atoms with van der Waals surface area (Å²) in [4.78, 5) is 15.9. The first-order chi connectivity index (χ1) is 13.4. The Morgan fingerprint density at radius 2 is 1.75 bits per heavy atom. The Morgan fingerprint density at radius 3 is 2.39 bits per heavy atom. The molecule has 1 aliphatic heterocycles. The number of amides is 1. The van der Waals surface area contributed by atoms with Crippen LogP contribution in [0.2, 0.25) is 0 Å². The molecule has 2 heterocycles. The van der Waals surface area contributed by atoms with Crippen molar-refractivity contribution in [1.82, 2.24) is 9.80 Å². The second-order valence-corrected chi connectivity index (χ2v) is 8.37. The summed E-state index contributed by atoms with van der Waals surface area (Å²) in [5, 5.41) is 2.44. The van der Waals surface area contributed by atoms with E-state index in [-0.39, 0.29) is 12.2 Å². The van der Waals surface area contributed by atoms with Gasteiger partial charge >= 0.3 is 5.76 Å². The average molecular weight is 413 g/mol. The van der Waals surface area contributed by atoms with Gasteiger partial charge in [0.25, 0.3) is 0 Å². The van der Waals surface area contributed by atoms with E-state index in [0.29, 0.717) is 19.6 Å². The second-order valence-electron chi connectivity index (χ2n) is 6.48. The van der Waals surface area contributed by atoms with E-state index in [0.717, 1.165) is 24.9 Å². The number of alkyl halides is 2. The van der Waals surface area contributed by atoms with Gasteiger partial charge in [-0.15, -0.1) is 0 Å². The van der Waals surface area contributed by atoms with E-state index in [9.17, 15) is 22.0 Å². The van der Waals surface area contributed by atoms with Crippen molar-refractivity contribution >= 4 is 21.4 Å². The summed E-state index contributed by atoms with van der Waals surface area (Å²) in [6, 6.07) is 8.92. The number of para-hydroxylation sites is 1. The van der Waals surface area contributed by atoms with Crippen molar-refractivity contribution in [3.05, 3.63) is 48.4 Å². The summed E-state index contributed by atoms with van der Waals surface area (Å²) in [6.45, 7) is 3.58. The Kier molecular flexibility index (Phi) is 6.42. The molecular formula is C18H21F2N3O4S. The molecule has 1 aromatic carbocycles. The van der Waals surface area contributed by atoms with Crippen molar-refractivity contribution in [3.63, 3.8) is 0 Å². The molecule has 152 valence electrons. The maximum Gasteiger partial charge on any atom is 0.341 e. The molecule has 2 aromatic rings. The monoisotopic (exact) mass is 413 g/mol. The Hall–Kier alpha value is -2.30. The number of furan rings is 1. The Morgan fingerprint density at radius 1 is 1.07 bits per heavy atom. The normalized spacial score (nSPS) is 16.4. The lowest BCUT2D eigenvalue weighted by atomic mass is 10.3. The van der Waals surface area contributed by atoms with Crippen LogP contribution in [0.1, 0.15) is 5.76 Å². The molecule has 1 aliphatic rings. The molecule has 0 aliphatic carbocycles. The fourth-order valence-corrected chi connectivity index (χ4v) is 3.92. The molecule has 1 amide bonds. The molecule has 0 saturated carbocycles. The van der Waals surface area contributed by atoms with Crippen molar-refractivity contribution in [2.24, 2.45) is 0 Å². The Balaban J connectivity index is 1.54. The summed E-state index contributed by atoms with van der Waals surface area (Å²) in [5.74, 6) is -3.12. The molecule has 1 fully saturated rings. The molecule has 0 unspecified atom stereocenters. The van der Waals surface area contributed by atoms with Gasteiger partial charge in [0.05, 0.1) is 29.9 Å². The van der Waals surface area contributed by atoms with Gasteiger partial charge < -0.3 is 9.73 Å². The van der Waals surface area contributed by atoms with E-state index in [2.05, 4.69) is 10.2 Å². The van der Waals surface area contributed by atoms with Crippen molar-refractivity contribution in [2.45, 2.75) is 17.2 Å². The first-order valence-corrected chi connectivity index (χ1v) is 10.3. The van der Waals surface area contributed by atoms with Gasteiger partial charge in [0.2, 0.25) is 15.7 Å². The van der Waals surface area contributed by atoms with Crippen LogP contribution in [-0.4, -0.2) is 62.6 Å². The zero-order valence-electron chi connectivity index (χ0n) is 15.1. The van der Waals surface area contributed by atoms with E-state index in [1.165, 1.54) is 18.2 Å². The minimum atomic E-state index is -4.80. The number of nitrogens with one attached hydrogen (secondary N) is 1. The zero-order chi connectivity index (χ0) is 20.1. The molecule has 0 radical (unpaired) electrons. The summed E-state index contributed by atoms with van der Waals surface area (Å²) >= 11 is 0. The predicted molar refractivity (Wildman–Crippen MR) is 98.7 cm³/mol. The van der Waals surface area contributed by atoms with E-state index in [1.54, 1.807) is 6.26 Å². The number of nitrogens with zero attached hydrogens (tertiary/aromatic N) is 2. The largest absolute Gasteiger partial charge is 0.468 e. The number of hydrogen-bond donors (Lipinski definition) is 1. The van der Waals surface area contributed by atoms with Gasteiger partial charge in [0.15, 0.2) is 0 Å². The van der Waals surface area contributed by atoms with Crippen LogP contribution in [0.5, 0.6) is 0 Å². The number of piperazine rings is 1. The second kappa shape index (κ2) is 8.80. The highest BCUT2D eigenvalue weighted by molar-refractivity contribution is 7.91. The highest BCUT2D eigenvalue weighted by Gasteiger charge is 2.29. The van der Waals surface area contributed by atoms with Crippen LogP contribution in [0.15, 0.2) is 52.0 Å². The zero-order valence-corrected chi connectivity index (χ0v) is 15.9. The van der Waals surface area contributed by atoms with Crippen LogP contribution in [0.25, 0.3) is 0 Å². The molecule has 28 heavy (non-hydrogen) atoms. The standard InChI is InChI=1S/C18H21F2N3O4S/c19-18(20)28(25,26)16-6-2-1-5-15(16)21-17(24)13-23-9-7-22(8-10-23)12-14-4-3-11-27-14/h1-6,11,18H,7-10,12-13H2,(H,21,24). The quantitative estimate of drug-likeness (QED) is 0.748. The lowest BCUT2D eigenvalue weighted by Crippen LogP contribution is -2.48.